The van der Waals surface area contributed by atoms with Crippen molar-refractivity contribution in [3.63, 3.8) is 0 Å². The number of amides is 2. The van der Waals surface area contributed by atoms with Gasteiger partial charge in [-0.25, -0.2) is 13.1 Å². The monoisotopic (exact) mass is 441 g/mol. The number of hydrogen-bond acceptors (Lipinski definition) is 4. The summed E-state index contributed by atoms with van der Waals surface area (Å²) in [6.45, 7) is 1.73. The van der Waals surface area contributed by atoms with Crippen molar-refractivity contribution in [1.29, 1.82) is 0 Å². The van der Waals surface area contributed by atoms with Gasteiger partial charge < -0.3 is 10.2 Å². The van der Waals surface area contributed by atoms with Gasteiger partial charge in [0.1, 0.15) is 0 Å². The summed E-state index contributed by atoms with van der Waals surface area (Å²) in [5, 5.41) is 2.85. The van der Waals surface area contributed by atoms with E-state index in [9.17, 15) is 18.0 Å². The smallest absolute Gasteiger partial charge is 0.255 e. The zero-order valence-corrected chi connectivity index (χ0v) is 18.6. The second kappa shape index (κ2) is 8.43. The third kappa shape index (κ3) is 4.50. The first-order valence-electron chi connectivity index (χ1n) is 10.6. The van der Waals surface area contributed by atoms with Crippen molar-refractivity contribution in [2.75, 3.05) is 17.3 Å². The topological polar surface area (TPSA) is 95.6 Å². The van der Waals surface area contributed by atoms with Gasteiger partial charge in [0, 0.05) is 36.4 Å². The average molecular weight is 442 g/mol. The molecule has 1 saturated carbocycles. The molecule has 4 rings (SSSR count). The summed E-state index contributed by atoms with van der Waals surface area (Å²) in [7, 11) is -1.95. The number of carbonyl (C=O) groups is 2. The van der Waals surface area contributed by atoms with Crippen LogP contribution in [0.3, 0.4) is 0 Å². The SMILES string of the molecule is Cc1ccc(C(=O)Nc2ccc3c(c2)CCC(=O)N3C)cc1S(=O)(=O)NC1CCCC1. The van der Waals surface area contributed by atoms with Crippen molar-refractivity contribution in [3.8, 4) is 0 Å². The lowest BCUT2D eigenvalue weighted by Crippen LogP contribution is -2.33. The molecule has 0 aromatic heterocycles. The second-order valence-electron chi connectivity index (χ2n) is 8.33. The van der Waals surface area contributed by atoms with E-state index in [0.717, 1.165) is 36.9 Å². The summed E-state index contributed by atoms with van der Waals surface area (Å²) < 4.78 is 28.5. The lowest BCUT2D eigenvalue weighted by molar-refractivity contribution is -0.118. The molecule has 2 aliphatic rings. The number of fused-ring (bicyclic) bond motifs is 1. The number of carbonyl (C=O) groups excluding carboxylic acids is 2. The molecule has 1 heterocycles. The first kappa shape index (κ1) is 21.5. The second-order valence-corrected chi connectivity index (χ2v) is 10.0. The molecule has 2 amide bonds. The number of nitrogens with zero attached hydrogens (tertiary/aromatic N) is 1. The molecule has 0 radical (unpaired) electrons. The molecule has 1 aliphatic heterocycles. The summed E-state index contributed by atoms with van der Waals surface area (Å²) in [6.07, 6.45) is 4.81. The van der Waals surface area contributed by atoms with Crippen molar-refractivity contribution < 1.29 is 18.0 Å². The number of benzene rings is 2. The Kier molecular flexibility index (Phi) is 5.85. The van der Waals surface area contributed by atoms with Crippen LogP contribution in [0.1, 0.15) is 53.6 Å². The van der Waals surface area contributed by atoms with Crippen LogP contribution >= 0.6 is 0 Å². The fourth-order valence-corrected chi connectivity index (χ4v) is 5.87. The molecule has 1 aliphatic carbocycles. The fraction of sp³-hybridized carbons (Fsp3) is 0.391. The maximum absolute atomic E-state index is 12.9. The van der Waals surface area contributed by atoms with Crippen LogP contribution in [0.25, 0.3) is 0 Å². The van der Waals surface area contributed by atoms with Crippen LogP contribution in [-0.4, -0.2) is 33.3 Å². The molecule has 1 fully saturated rings. The maximum Gasteiger partial charge on any atom is 0.255 e. The zero-order chi connectivity index (χ0) is 22.2. The van der Waals surface area contributed by atoms with E-state index in [2.05, 4.69) is 10.0 Å². The third-order valence-electron chi connectivity index (χ3n) is 6.10. The van der Waals surface area contributed by atoms with Gasteiger partial charge in [0.05, 0.1) is 4.90 Å². The highest BCUT2D eigenvalue weighted by atomic mass is 32.2. The summed E-state index contributed by atoms with van der Waals surface area (Å²) in [4.78, 5) is 26.5. The van der Waals surface area contributed by atoms with E-state index in [1.54, 1.807) is 37.1 Å². The molecule has 164 valence electrons. The standard InChI is InChI=1S/C23H27N3O4S/c1-15-7-8-17(14-21(15)31(29,30)25-18-5-3-4-6-18)23(28)24-19-10-11-20-16(13-19)9-12-22(27)26(20)2/h7-8,10-11,13-14,18,25H,3-6,9,12H2,1-2H3,(H,24,28). The number of sulfonamides is 1. The quantitative estimate of drug-likeness (QED) is 0.744. The molecule has 2 aromatic rings. The van der Waals surface area contributed by atoms with Gasteiger partial charge in [-0.2, -0.15) is 0 Å². The molecular formula is C23H27N3O4S. The highest BCUT2D eigenvalue weighted by Crippen LogP contribution is 2.29. The summed E-state index contributed by atoms with van der Waals surface area (Å²) in [5.74, 6) is -0.304. The molecule has 0 unspecified atom stereocenters. The molecule has 31 heavy (non-hydrogen) atoms. The minimum Gasteiger partial charge on any atom is -0.322 e. The molecule has 0 bridgehead atoms. The average Bonchev–Trinajstić information content (AvgIpc) is 3.23. The van der Waals surface area contributed by atoms with Gasteiger partial charge in [-0.3, -0.25) is 9.59 Å². The van der Waals surface area contributed by atoms with Crippen molar-refractivity contribution in [2.45, 2.75) is 56.4 Å². The van der Waals surface area contributed by atoms with Crippen LogP contribution in [0, 0.1) is 6.92 Å². The van der Waals surface area contributed by atoms with E-state index >= 15 is 0 Å². The Labute approximate surface area is 182 Å². The molecule has 7 nitrogen and oxygen atoms in total. The van der Waals surface area contributed by atoms with Crippen molar-refractivity contribution in [3.05, 3.63) is 53.1 Å². The van der Waals surface area contributed by atoms with Crippen LogP contribution < -0.4 is 14.9 Å². The van der Waals surface area contributed by atoms with E-state index in [-0.39, 0.29) is 28.3 Å². The highest BCUT2D eigenvalue weighted by molar-refractivity contribution is 7.89. The Hall–Kier alpha value is -2.71. The Morgan fingerprint density at radius 3 is 2.55 bits per heavy atom. The van der Waals surface area contributed by atoms with E-state index in [1.165, 1.54) is 6.07 Å². The van der Waals surface area contributed by atoms with Gasteiger partial charge in [0.15, 0.2) is 0 Å². The Balaban J connectivity index is 1.54. The van der Waals surface area contributed by atoms with Crippen LogP contribution in [0.5, 0.6) is 0 Å². The van der Waals surface area contributed by atoms with E-state index in [1.807, 2.05) is 12.1 Å². The van der Waals surface area contributed by atoms with Crippen LogP contribution in [0.15, 0.2) is 41.3 Å². The van der Waals surface area contributed by atoms with Gasteiger partial charge in [-0.15, -0.1) is 0 Å². The molecule has 0 spiro atoms. The summed E-state index contributed by atoms with van der Waals surface area (Å²) in [6, 6.07) is 10.1. The first-order chi connectivity index (χ1) is 14.7. The number of aryl methyl sites for hydroxylation is 2. The van der Waals surface area contributed by atoms with Crippen LogP contribution in [0.2, 0.25) is 0 Å². The van der Waals surface area contributed by atoms with Gasteiger partial charge in [0.2, 0.25) is 15.9 Å². The zero-order valence-electron chi connectivity index (χ0n) is 17.8. The summed E-state index contributed by atoms with van der Waals surface area (Å²) in [5.41, 5.74) is 3.33. The largest absolute Gasteiger partial charge is 0.322 e. The molecule has 0 atom stereocenters. The number of nitrogens with one attached hydrogen (secondary N) is 2. The van der Waals surface area contributed by atoms with Gasteiger partial charge in [-0.1, -0.05) is 18.9 Å². The van der Waals surface area contributed by atoms with Crippen LogP contribution in [-0.2, 0) is 21.2 Å². The predicted molar refractivity (Wildman–Crippen MR) is 120 cm³/mol. The molecular weight excluding hydrogens is 414 g/mol. The minimum atomic E-state index is -3.69. The van der Waals surface area contributed by atoms with Crippen molar-refractivity contribution in [1.82, 2.24) is 4.72 Å². The first-order valence-corrected chi connectivity index (χ1v) is 12.1. The Bertz CT molecular complexity index is 1140. The fourth-order valence-electron chi connectivity index (χ4n) is 4.30. The van der Waals surface area contributed by atoms with Gasteiger partial charge >= 0.3 is 0 Å². The molecule has 2 aromatic carbocycles. The van der Waals surface area contributed by atoms with Gasteiger partial charge in [0.25, 0.3) is 5.91 Å². The third-order valence-corrected chi connectivity index (χ3v) is 7.76. The lowest BCUT2D eigenvalue weighted by atomic mass is 10.0. The van der Waals surface area contributed by atoms with Gasteiger partial charge in [-0.05, 0) is 67.6 Å². The normalized spacial score (nSPS) is 17.0. The van der Waals surface area contributed by atoms with E-state index in [0.29, 0.717) is 24.1 Å². The predicted octanol–water partition coefficient (Wildman–Crippen LogP) is 3.38. The van der Waals surface area contributed by atoms with E-state index in [4.69, 9.17) is 0 Å². The number of rotatable bonds is 5. The lowest BCUT2D eigenvalue weighted by Gasteiger charge is -2.26. The number of anilines is 2. The maximum atomic E-state index is 12.9. The molecule has 0 saturated heterocycles. The number of hydrogen-bond donors (Lipinski definition) is 2. The molecule has 8 heteroatoms. The van der Waals surface area contributed by atoms with Crippen LogP contribution in [0.4, 0.5) is 11.4 Å². The van der Waals surface area contributed by atoms with Crippen molar-refractivity contribution in [2.24, 2.45) is 0 Å². The van der Waals surface area contributed by atoms with E-state index < -0.39 is 10.0 Å². The summed E-state index contributed by atoms with van der Waals surface area (Å²) >= 11 is 0. The highest BCUT2D eigenvalue weighted by Gasteiger charge is 2.25. The Morgan fingerprint density at radius 2 is 1.81 bits per heavy atom. The molecule has 2 N–H and O–H groups in total. The Morgan fingerprint density at radius 1 is 1.06 bits per heavy atom. The minimum absolute atomic E-state index is 0.0395. The van der Waals surface area contributed by atoms with Crippen molar-refractivity contribution >= 4 is 33.2 Å².